The zero-order valence-electron chi connectivity index (χ0n) is 12.9. The highest BCUT2D eigenvalue weighted by atomic mass is 16.5. The van der Waals surface area contributed by atoms with Gasteiger partial charge in [0.25, 0.3) is 0 Å². The van der Waals surface area contributed by atoms with E-state index in [4.69, 9.17) is 34.0 Å². The molecule has 1 saturated heterocycles. The molecule has 0 atom stereocenters. The van der Waals surface area contributed by atoms with Crippen LogP contribution in [0.3, 0.4) is 0 Å². The molecule has 0 spiro atoms. The number of hydrogen-bond donors (Lipinski definition) is 2. The number of hydrogen-bond acceptors (Lipinski definition) is 6. The molecule has 1 aliphatic rings. The molecule has 0 saturated carbocycles. The number of rotatable bonds is 5. The van der Waals surface area contributed by atoms with Crippen molar-refractivity contribution in [3.8, 4) is 11.5 Å². The Hall–Kier alpha value is -2.32. The van der Waals surface area contributed by atoms with E-state index < -0.39 is 11.9 Å². The summed E-state index contributed by atoms with van der Waals surface area (Å²) in [7, 11) is 1.66. The largest absolute Gasteiger partial charge is 0.493 e. The highest BCUT2D eigenvalue weighted by molar-refractivity contribution is 6.27. The zero-order valence-corrected chi connectivity index (χ0v) is 12.9. The van der Waals surface area contributed by atoms with E-state index in [9.17, 15) is 0 Å². The van der Waals surface area contributed by atoms with Crippen molar-refractivity contribution in [1.29, 1.82) is 0 Å². The van der Waals surface area contributed by atoms with Gasteiger partial charge in [-0.1, -0.05) is 12.1 Å². The van der Waals surface area contributed by atoms with E-state index in [1.54, 1.807) is 7.11 Å². The predicted octanol–water partition coefficient (Wildman–Crippen LogP) is 0.562. The van der Waals surface area contributed by atoms with Crippen molar-refractivity contribution in [2.24, 2.45) is 0 Å². The number of morpholine rings is 1. The lowest BCUT2D eigenvalue weighted by Crippen LogP contribution is -2.38. The van der Waals surface area contributed by atoms with Crippen LogP contribution < -0.4 is 9.47 Å². The number of aliphatic carboxylic acids is 2. The number of methoxy groups -OCH3 is 1. The number of carboxylic acids is 2. The third-order valence-corrected chi connectivity index (χ3v) is 3.02. The van der Waals surface area contributed by atoms with Gasteiger partial charge in [-0.25, -0.2) is 9.59 Å². The summed E-state index contributed by atoms with van der Waals surface area (Å²) >= 11 is 0. The SMILES string of the molecule is COc1ccccc1OCCN1CCOCC1.O=C(O)C(=O)O. The fraction of sp³-hybridized carbons (Fsp3) is 0.467. The van der Waals surface area contributed by atoms with Gasteiger partial charge in [0, 0.05) is 19.6 Å². The van der Waals surface area contributed by atoms with Gasteiger partial charge in [0.15, 0.2) is 11.5 Å². The average molecular weight is 327 g/mol. The summed E-state index contributed by atoms with van der Waals surface area (Å²) in [5.41, 5.74) is 0. The minimum Gasteiger partial charge on any atom is -0.493 e. The average Bonchev–Trinajstić information content (AvgIpc) is 2.57. The molecule has 0 unspecified atom stereocenters. The van der Waals surface area contributed by atoms with Gasteiger partial charge >= 0.3 is 11.9 Å². The van der Waals surface area contributed by atoms with Crippen LogP contribution in [0, 0.1) is 0 Å². The Labute approximate surface area is 134 Å². The van der Waals surface area contributed by atoms with Gasteiger partial charge in [-0.15, -0.1) is 0 Å². The van der Waals surface area contributed by atoms with Gasteiger partial charge in [-0.3, -0.25) is 4.90 Å². The quantitative estimate of drug-likeness (QED) is 0.756. The molecule has 1 fully saturated rings. The fourth-order valence-electron chi connectivity index (χ4n) is 1.85. The molecule has 1 aliphatic heterocycles. The second-order valence-corrected chi connectivity index (χ2v) is 4.56. The van der Waals surface area contributed by atoms with Gasteiger partial charge in [0.05, 0.1) is 20.3 Å². The molecule has 1 heterocycles. The van der Waals surface area contributed by atoms with E-state index in [-0.39, 0.29) is 0 Å². The number of nitrogens with zero attached hydrogens (tertiary/aromatic N) is 1. The van der Waals surface area contributed by atoms with Crippen molar-refractivity contribution in [3.05, 3.63) is 24.3 Å². The molecular formula is C15H21NO7. The third kappa shape index (κ3) is 7.48. The van der Waals surface area contributed by atoms with Crippen LogP contribution in [0.5, 0.6) is 11.5 Å². The summed E-state index contributed by atoms with van der Waals surface area (Å²) in [6.45, 7) is 5.26. The zero-order chi connectivity index (χ0) is 17.1. The molecule has 0 radical (unpaired) electrons. The molecule has 2 N–H and O–H groups in total. The first-order chi connectivity index (χ1) is 11.0. The summed E-state index contributed by atoms with van der Waals surface area (Å²) in [4.78, 5) is 20.5. The third-order valence-electron chi connectivity index (χ3n) is 3.02. The maximum absolute atomic E-state index is 9.10. The van der Waals surface area contributed by atoms with E-state index in [2.05, 4.69) is 4.90 Å². The first-order valence-electron chi connectivity index (χ1n) is 7.06. The smallest absolute Gasteiger partial charge is 0.414 e. The molecule has 1 aromatic rings. The van der Waals surface area contributed by atoms with Crippen LogP contribution in [-0.4, -0.2) is 73.6 Å². The molecule has 0 aliphatic carbocycles. The summed E-state index contributed by atoms with van der Waals surface area (Å²) < 4.78 is 16.3. The lowest BCUT2D eigenvalue weighted by atomic mass is 10.3. The Balaban J connectivity index is 0.000000379. The summed E-state index contributed by atoms with van der Waals surface area (Å²) in [5.74, 6) is -2.05. The number of ether oxygens (including phenoxy) is 3. The first-order valence-corrected chi connectivity index (χ1v) is 7.06. The normalized spacial score (nSPS) is 14.3. The maximum atomic E-state index is 9.10. The number of carboxylic acid groups (broad SMARTS) is 2. The topological polar surface area (TPSA) is 106 Å². The Morgan fingerprint density at radius 1 is 1.13 bits per heavy atom. The van der Waals surface area contributed by atoms with Gasteiger partial charge in [-0.05, 0) is 12.1 Å². The van der Waals surface area contributed by atoms with E-state index in [1.165, 1.54) is 0 Å². The second-order valence-electron chi connectivity index (χ2n) is 4.56. The van der Waals surface area contributed by atoms with Gasteiger partial charge in [0.2, 0.25) is 0 Å². The van der Waals surface area contributed by atoms with Crippen LogP contribution >= 0.6 is 0 Å². The second kappa shape index (κ2) is 10.4. The molecule has 2 rings (SSSR count). The van der Waals surface area contributed by atoms with Crippen LogP contribution in [0.25, 0.3) is 0 Å². The van der Waals surface area contributed by atoms with Crippen LogP contribution in [-0.2, 0) is 14.3 Å². The van der Waals surface area contributed by atoms with Gasteiger partial charge < -0.3 is 24.4 Å². The highest BCUT2D eigenvalue weighted by Crippen LogP contribution is 2.25. The Kier molecular flexibility index (Phi) is 8.48. The summed E-state index contributed by atoms with van der Waals surface area (Å²) in [6.07, 6.45) is 0. The number of carbonyl (C=O) groups is 2. The molecule has 23 heavy (non-hydrogen) atoms. The maximum Gasteiger partial charge on any atom is 0.414 e. The molecular weight excluding hydrogens is 306 g/mol. The Bertz CT molecular complexity index is 488. The lowest BCUT2D eigenvalue weighted by Gasteiger charge is -2.26. The van der Waals surface area contributed by atoms with Gasteiger partial charge in [0.1, 0.15) is 6.61 Å². The molecule has 1 aromatic carbocycles. The highest BCUT2D eigenvalue weighted by Gasteiger charge is 2.10. The van der Waals surface area contributed by atoms with Crippen molar-refractivity contribution >= 4 is 11.9 Å². The molecule has 8 heteroatoms. The van der Waals surface area contributed by atoms with Crippen molar-refractivity contribution in [2.45, 2.75) is 0 Å². The van der Waals surface area contributed by atoms with Crippen molar-refractivity contribution in [2.75, 3.05) is 46.6 Å². The molecule has 0 aromatic heterocycles. The number of benzene rings is 1. The molecule has 8 nitrogen and oxygen atoms in total. The van der Waals surface area contributed by atoms with Crippen molar-refractivity contribution in [3.63, 3.8) is 0 Å². The van der Waals surface area contributed by atoms with Crippen molar-refractivity contribution < 1.29 is 34.0 Å². The van der Waals surface area contributed by atoms with E-state index in [0.29, 0.717) is 6.61 Å². The van der Waals surface area contributed by atoms with Crippen LogP contribution in [0.2, 0.25) is 0 Å². The monoisotopic (exact) mass is 327 g/mol. The summed E-state index contributed by atoms with van der Waals surface area (Å²) in [6, 6.07) is 7.72. The van der Waals surface area contributed by atoms with Gasteiger partial charge in [-0.2, -0.15) is 0 Å². The number of para-hydroxylation sites is 2. The minimum absolute atomic E-state index is 0.681. The van der Waals surface area contributed by atoms with Crippen LogP contribution in [0.15, 0.2) is 24.3 Å². The molecule has 0 amide bonds. The van der Waals surface area contributed by atoms with Crippen LogP contribution in [0.1, 0.15) is 0 Å². The minimum atomic E-state index is -1.82. The Morgan fingerprint density at radius 2 is 1.70 bits per heavy atom. The van der Waals surface area contributed by atoms with E-state index in [0.717, 1.165) is 44.3 Å². The van der Waals surface area contributed by atoms with E-state index in [1.807, 2.05) is 24.3 Å². The standard InChI is InChI=1S/C13H19NO3.C2H2O4/c1-15-12-4-2-3-5-13(12)17-11-8-14-6-9-16-10-7-14;3-1(4)2(5)6/h2-5H,6-11H2,1H3;(H,3,4)(H,5,6). The lowest BCUT2D eigenvalue weighted by molar-refractivity contribution is -0.159. The first kappa shape index (κ1) is 18.7. The fourth-order valence-corrected chi connectivity index (χ4v) is 1.85. The van der Waals surface area contributed by atoms with E-state index >= 15 is 0 Å². The van der Waals surface area contributed by atoms with Crippen LogP contribution in [0.4, 0.5) is 0 Å². The molecule has 0 bridgehead atoms. The van der Waals surface area contributed by atoms with Crippen molar-refractivity contribution in [1.82, 2.24) is 4.90 Å². The molecule has 128 valence electrons. The predicted molar refractivity (Wildman–Crippen MR) is 81.0 cm³/mol. The summed E-state index contributed by atoms with van der Waals surface area (Å²) in [5, 5.41) is 14.8. The Morgan fingerprint density at radius 3 is 2.22 bits per heavy atom.